The molecule has 0 saturated heterocycles. The van der Waals surface area contributed by atoms with E-state index in [0.717, 1.165) is 0 Å². The Balaban J connectivity index is 3.01. The molecule has 2 unspecified atom stereocenters. The van der Waals surface area contributed by atoms with Crippen LogP contribution in [0.2, 0.25) is 0 Å². The number of ether oxygens (including phenoxy) is 1. The minimum Gasteiger partial charge on any atom is -0.496 e. The summed E-state index contributed by atoms with van der Waals surface area (Å²) >= 11 is 0. The molecule has 0 fully saturated rings. The summed E-state index contributed by atoms with van der Waals surface area (Å²) in [5.41, 5.74) is 9.08. The van der Waals surface area contributed by atoms with Crippen molar-refractivity contribution in [1.82, 2.24) is 0 Å². The molecule has 0 heterocycles. The van der Waals surface area contributed by atoms with Crippen molar-refractivity contribution in [2.24, 2.45) is 5.11 Å². The highest BCUT2D eigenvalue weighted by Gasteiger charge is 2.21. The van der Waals surface area contributed by atoms with Gasteiger partial charge in [-0.25, -0.2) is 0 Å². The van der Waals surface area contributed by atoms with Gasteiger partial charge in [0.15, 0.2) is 0 Å². The summed E-state index contributed by atoms with van der Waals surface area (Å²) in [4.78, 5) is 2.51. The molecule has 7 nitrogen and oxygen atoms in total. The zero-order valence-electron chi connectivity index (χ0n) is 9.89. The Labute approximate surface area is 104 Å². The molecular weight excluding hydrogens is 238 g/mol. The highest BCUT2D eigenvalue weighted by Crippen LogP contribution is 2.28. The van der Waals surface area contributed by atoms with Crippen LogP contribution in [0.1, 0.15) is 17.2 Å². The Morgan fingerprint density at radius 3 is 2.72 bits per heavy atom. The first-order valence-electron chi connectivity index (χ1n) is 5.28. The second-order valence-electron chi connectivity index (χ2n) is 3.66. The van der Waals surface area contributed by atoms with Gasteiger partial charge in [-0.15, -0.1) is 0 Å². The average Bonchev–Trinajstić information content (AvgIpc) is 2.43. The third-order valence-corrected chi connectivity index (χ3v) is 2.49. The van der Waals surface area contributed by atoms with Crippen LogP contribution in [-0.4, -0.2) is 35.1 Å². The fraction of sp³-hybridized carbons (Fsp3) is 0.455. The molecule has 0 radical (unpaired) electrons. The van der Waals surface area contributed by atoms with E-state index >= 15 is 0 Å². The quantitative estimate of drug-likeness (QED) is 0.396. The summed E-state index contributed by atoms with van der Waals surface area (Å²) in [6.07, 6.45) is -2.49. The molecule has 1 aromatic carbocycles. The fourth-order valence-electron chi connectivity index (χ4n) is 1.54. The zero-order chi connectivity index (χ0) is 13.5. The first kappa shape index (κ1) is 14.3. The molecule has 0 aromatic heterocycles. The number of hydrogen-bond acceptors (Lipinski definition) is 5. The maximum Gasteiger partial charge on any atom is 0.124 e. The number of aliphatic hydroxyl groups is 3. The van der Waals surface area contributed by atoms with Crippen LogP contribution in [0.5, 0.6) is 5.75 Å². The Morgan fingerprint density at radius 1 is 1.44 bits per heavy atom. The van der Waals surface area contributed by atoms with Crippen LogP contribution in [0.15, 0.2) is 23.3 Å². The lowest BCUT2D eigenvalue weighted by atomic mass is 10.0. The lowest BCUT2D eigenvalue weighted by Gasteiger charge is -2.19. The fourth-order valence-corrected chi connectivity index (χ4v) is 1.54. The summed E-state index contributed by atoms with van der Waals surface area (Å²) in [5, 5.41) is 31.8. The molecule has 0 aliphatic rings. The van der Waals surface area contributed by atoms with Gasteiger partial charge in [0.05, 0.1) is 26.4 Å². The lowest BCUT2D eigenvalue weighted by molar-refractivity contribution is 0.0229. The van der Waals surface area contributed by atoms with Crippen molar-refractivity contribution in [3.63, 3.8) is 0 Å². The number of azide groups is 1. The van der Waals surface area contributed by atoms with Gasteiger partial charge in [0.25, 0.3) is 0 Å². The highest BCUT2D eigenvalue weighted by molar-refractivity contribution is 5.39. The van der Waals surface area contributed by atoms with E-state index in [-0.39, 0.29) is 13.2 Å². The SMILES string of the molecule is COc1ccc(CO)cc1C(O)C(O)CN=[N+]=[N-]. The van der Waals surface area contributed by atoms with Crippen LogP contribution >= 0.6 is 0 Å². The first-order valence-corrected chi connectivity index (χ1v) is 5.28. The van der Waals surface area contributed by atoms with Crippen molar-refractivity contribution < 1.29 is 20.1 Å². The van der Waals surface area contributed by atoms with Crippen molar-refractivity contribution in [2.75, 3.05) is 13.7 Å². The molecule has 1 aromatic rings. The van der Waals surface area contributed by atoms with Gasteiger partial charge in [-0.1, -0.05) is 11.2 Å². The number of hydrogen-bond donors (Lipinski definition) is 3. The highest BCUT2D eigenvalue weighted by atomic mass is 16.5. The molecule has 0 bridgehead atoms. The van der Waals surface area contributed by atoms with Crippen LogP contribution in [0.25, 0.3) is 10.4 Å². The Bertz CT molecular complexity index is 446. The largest absolute Gasteiger partial charge is 0.496 e. The Kier molecular flexibility index (Phi) is 5.41. The van der Waals surface area contributed by atoms with Gasteiger partial charge in [0.2, 0.25) is 0 Å². The van der Waals surface area contributed by atoms with Gasteiger partial charge in [0.1, 0.15) is 11.9 Å². The smallest absolute Gasteiger partial charge is 0.124 e. The van der Waals surface area contributed by atoms with Crippen molar-refractivity contribution in [3.8, 4) is 5.75 Å². The molecule has 18 heavy (non-hydrogen) atoms. The average molecular weight is 253 g/mol. The monoisotopic (exact) mass is 253 g/mol. The summed E-state index contributed by atoms with van der Waals surface area (Å²) < 4.78 is 5.06. The van der Waals surface area contributed by atoms with E-state index in [9.17, 15) is 10.2 Å². The van der Waals surface area contributed by atoms with Crippen molar-refractivity contribution >= 4 is 0 Å². The molecule has 2 atom stereocenters. The van der Waals surface area contributed by atoms with Crippen molar-refractivity contribution in [2.45, 2.75) is 18.8 Å². The van der Waals surface area contributed by atoms with Crippen LogP contribution in [0.3, 0.4) is 0 Å². The molecule has 98 valence electrons. The summed E-state index contributed by atoms with van der Waals surface area (Å²) in [6, 6.07) is 4.77. The molecule has 0 saturated carbocycles. The van der Waals surface area contributed by atoms with E-state index in [2.05, 4.69) is 10.0 Å². The Morgan fingerprint density at radius 2 is 2.17 bits per heavy atom. The van der Waals surface area contributed by atoms with Crippen molar-refractivity contribution in [3.05, 3.63) is 39.8 Å². The van der Waals surface area contributed by atoms with Crippen LogP contribution in [0, 0.1) is 0 Å². The third-order valence-electron chi connectivity index (χ3n) is 2.49. The maximum atomic E-state index is 9.95. The van der Waals surface area contributed by atoms with E-state index in [4.69, 9.17) is 15.4 Å². The molecule has 0 spiro atoms. The van der Waals surface area contributed by atoms with Crippen LogP contribution in [0.4, 0.5) is 0 Å². The molecule has 1 rings (SSSR count). The standard InChI is InChI=1S/C11H15N3O4/c1-18-10-3-2-7(6-15)4-8(10)11(17)9(16)5-13-14-12/h2-4,9,11,15-17H,5-6H2,1H3. The van der Waals surface area contributed by atoms with E-state index in [1.807, 2.05) is 0 Å². The number of nitrogens with zero attached hydrogens (tertiary/aromatic N) is 3. The topological polar surface area (TPSA) is 119 Å². The Hall–Kier alpha value is -1.79. The second kappa shape index (κ2) is 6.83. The van der Waals surface area contributed by atoms with E-state index in [0.29, 0.717) is 16.9 Å². The summed E-state index contributed by atoms with van der Waals surface area (Å²) in [5.74, 6) is 0.389. The van der Waals surface area contributed by atoms with E-state index in [1.54, 1.807) is 12.1 Å². The van der Waals surface area contributed by atoms with Gasteiger partial charge in [0, 0.05) is 10.5 Å². The number of rotatable bonds is 6. The summed E-state index contributed by atoms with van der Waals surface area (Å²) in [6.45, 7) is -0.430. The maximum absolute atomic E-state index is 9.95. The second-order valence-corrected chi connectivity index (χ2v) is 3.66. The van der Waals surface area contributed by atoms with Gasteiger partial charge in [-0.3, -0.25) is 0 Å². The van der Waals surface area contributed by atoms with Crippen LogP contribution < -0.4 is 4.74 Å². The van der Waals surface area contributed by atoms with Gasteiger partial charge < -0.3 is 20.1 Å². The van der Waals surface area contributed by atoms with Gasteiger partial charge in [-0.2, -0.15) is 0 Å². The zero-order valence-corrected chi connectivity index (χ0v) is 9.89. The number of benzene rings is 1. The van der Waals surface area contributed by atoms with Gasteiger partial charge in [-0.05, 0) is 23.2 Å². The molecule has 0 aliphatic carbocycles. The third kappa shape index (κ3) is 3.35. The molecular formula is C11H15N3O4. The van der Waals surface area contributed by atoms with E-state index < -0.39 is 12.2 Å². The predicted molar refractivity (Wildman–Crippen MR) is 63.9 cm³/mol. The molecule has 0 aliphatic heterocycles. The summed E-state index contributed by atoms with van der Waals surface area (Å²) in [7, 11) is 1.43. The number of aliphatic hydroxyl groups excluding tert-OH is 3. The first-order chi connectivity index (χ1) is 8.63. The van der Waals surface area contributed by atoms with Crippen LogP contribution in [-0.2, 0) is 6.61 Å². The molecule has 0 amide bonds. The minimum atomic E-state index is -1.25. The molecule has 3 N–H and O–H groups in total. The van der Waals surface area contributed by atoms with E-state index in [1.165, 1.54) is 13.2 Å². The van der Waals surface area contributed by atoms with Gasteiger partial charge >= 0.3 is 0 Å². The molecule has 7 heteroatoms. The normalized spacial score (nSPS) is 13.6. The van der Waals surface area contributed by atoms with Crippen molar-refractivity contribution in [1.29, 1.82) is 0 Å². The lowest BCUT2D eigenvalue weighted by Crippen LogP contribution is -2.21. The number of methoxy groups -OCH3 is 1. The predicted octanol–water partition coefficient (Wildman–Crippen LogP) is 0.892. The minimum absolute atomic E-state index is 0.184.